The van der Waals surface area contributed by atoms with E-state index in [9.17, 15) is 0 Å². The number of hydrogen-bond donors (Lipinski definition) is 1. The largest absolute Gasteiger partial charge is 0.493 e. The smallest absolute Gasteiger partial charge is 0.122 e. The summed E-state index contributed by atoms with van der Waals surface area (Å²) >= 11 is 3.47. The zero-order valence-corrected chi connectivity index (χ0v) is 12.1. The first-order valence-electron chi connectivity index (χ1n) is 6.52. The number of hydrogen-bond acceptors (Lipinski definition) is 3. The molecule has 2 rings (SSSR count). The molecule has 1 atom stereocenters. The molecule has 1 aliphatic rings. The summed E-state index contributed by atoms with van der Waals surface area (Å²) in [7, 11) is 0. The van der Waals surface area contributed by atoms with Gasteiger partial charge in [0.2, 0.25) is 0 Å². The predicted molar refractivity (Wildman–Crippen MR) is 76.0 cm³/mol. The van der Waals surface area contributed by atoms with Crippen LogP contribution < -0.4 is 10.5 Å². The molecule has 0 radical (unpaired) electrons. The van der Waals surface area contributed by atoms with E-state index in [-0.39, 0.29) is 0 Å². The topological polar surface area (TPSA) is 44.5 Å². The quantitative estimate of drug-likeness (QED) is 0.878. The summed E-state index contributed by atoms with van der Waals surface area (Å²) < 4.78 is 12.5. The van der Waals surface area contributed by atoms with Crippen LogP contribution in [-0.4, -0.2) is 25.9 Å². The number of nitrogens with two attached hydrogens (primary N) is 1. The van der Waals surface area contributed by atoms with Crippen molar-refractivity contribution in [1.82, 2.24) is 0 Å². The molecule has 1 aromatic carbocycles. The maximum atomic E-state index is 5.85. The first-order valence-corrected chi connectivity index (χ1v) is 7.32. The first-order chi connectivity index (χ1) is 8.79. The summed E-state index contributed by atoms with van der Waals surface area (Å²) in [5.74, 6) is 0.946. The minimum absolute atomic E-state index is 0.387. The predicted octanol–water partition coefficient (Wildman–Crippen LogP) is 2.90. The summed E-state index contributed by atoms with van der Waals surface area (Å²) in [5.41, 5.74) is 6.78. The molecule has 0 bridgehead atoms. The average Bonchev–Trinajstić information content (AvgIpc) is 2.85. The fourth-order valence-corrected chi connectivity index (χ4v) is 2.62. The lowest BCUT2D eigenvalue weighted by Crippen LogP contribution is -2.12. The van der Waals surface area contributed by atoms with Crippen molar-refractivity contribution in [1.29, 1.82) is 0 Å². The molecule has 1 unspecified atom stereocenters. The molecule has 1 saturated heterocycles. The van der Waals surface area contributed by atoms with Crippen LogP contribution in [0.2, 0.25) is 0 Å². The van der Waals surface area contributed by atoms with Crippen LogP contribution in [0.15, 0.2) is 22.7 Å². The molecule has 0 aliphatic carbocycles. The van der Waals surface area contributed by atoms with Crippen LogP contribution >= 0.6 is 15.9 Å². The van der Waals surface area contributed by atoms with E-state index in [1.807, 2.05) is 12.1 Å². The fourth-order valence-electron chi connectivity index (χ4n) is 2.21. The van der Waals surface area contributed by atoms with Crippen LogP contribution in [0, 0.1) is 0 Å². The molecular weight excluding hydrogens is 294 g/mol. The molecule has 3 nitrogen and oxygen atoms in total. The van der Waals surface area contributed by atoms with E-state index in [0.717, 1.165) is 29.7 Å². The van der Waals surface area contributed by atoms with Gasteiger partial charge in [0.25, 0.3) is 0 Å². The second kappa shape index (κ2) is 7.12. The third kappa shape index (κ3) is 3.97. The highest BCUT2D eigenvalue weighted by Crippen LogP contribution is 2.24. The Labute approximate surface area is 117 Å². The highest BCUT2D eigenvalue weighted by Gasteiger charge is 2.15. The summed E-state index contributed by atoms with van der Waals surface area (Å²) in [6.07, 6.45) is 4.55. The molecule has 4 heteroatoms. The van der Waals surface area contributed by atoms with Gasteiger partial charge in [-0.2, -0.15) is 0 Å². The van der Waals surface area contributed by atoms with E-state index >= 15 is 0 Å². The second-order valence-corrected chi connectivity index (χ2v) is 5.48. The highest BCUT2D eigenvalue weighted by atomic mass is 79.9. The van der Waals surface area contributed by atoms with Gasteiger partial charge in [-0.3, -0.25) is 0 Å². The van der Waals surface area contributed by atoms with Crippen molar-refractivity contribution in [2.24, 2.45) is 5.73 Å². The SMILES string of the molecule is NCCc1cc(Br)ccc1OCCC1CCCO1. The van der Waals surface area contributed by atoms with Crippen molar-refractivity contribution in [2.45, 2.75) is 31.8 Å². The molecule has 1 heterocycles. The molecule has 0 aromatic heterocycles. The molecule has 18 heavy (non-hydrogen) atoms. The Hall–Kier alpha value is -0.580. The zero-order valence-electron chi connectivity index (χ0n) is 10.5. The van der Waals surface area contributed by atoms with E-state index in [1.165, 1.54) is 18.4 Å². The lowest BCUT2D eigenvalue weighted by molar-refractivity contribution is 0.0902. The summed E-state index contributed by atoms with van der Waals surface area (Å²) in [6, 6.07) is 6.08. The van der Waals surface area contributed by atoms with Gasteiger partial charge in [-0.05, 0) is 49.6 Å². The minimum Gasteiger partial charge on any atom is -0.493 e. The molecular formula is C14H20BrNO2. The van der Waals surface area contributed by atoms with Crippen molar-refractivity contribution >= 4 is 15.9 Å². The van der Waals surface area contributed by atoms with E-state index in [0.29, 0.717) is 19.3 Å². The van der Waals surface area contributed by atoms with Crippen molar-refractivity contribution < 1.29 is 9.47 Å². The van der Waals surface area contributed by atoms with Gasteiger partial charge >= 0.3 is 0 Å². The molecule has 1 fully saturated rings. The molecule has 1 aromatic rings. The fraction of sp³-hybridized carbons (Fsp3) is 0.571. The van der Waals surface area contributed by atoms with E-state index in [4.69, 9.17) is 15.2 Å². The van der Waals surface area contributed by atoms with Gasteiger partial charge in [0.1, 0.15) is 5.75 Å². The standard InChI is InChI=1S/C14H20BrNO2/c15-12-3-4-14(11(10-12)5-7-16)18-9-6-13-2-1-8-17-13/h3-4,10,13H,1-2,5-9,16H2. The lowest BCUT2D eigenvalue weighted by Gasteiger charge is -2.13. The third-order valence-electron chi connectivity index (χ3n) is 3.16. The number of rotatable bonds is 6. The van der Waals surface area contributed by atoms with E-state index < -0.39 is 0 Å². The molecule has 0 amide bonds. The van der Waals surface area contributed by atoms with Gasteiger partial charge in [-0.15, -0.1) is 0 Å². The van der Waals surface area contributed by atoms with Gasteiger partial charge in [-0.1, -0.05) is 15.9 Å². The van der Waals surface area contributed by atoms with E-state index in [2.05, 4.69) is 22.0 Å². The Bertz CT molecular complexity index is 378. The van der Waals surface area contributed by atoms with Crippen LogP contribution in [0.3, 0.4) is 0 Å². The maximum absolute atomic E-state index is 5.85. The number of benzene rings is 1. The molecule has 0 saturated carbocycles. The van der Waals surface area contributed by atoms with Crippen molar-refractivity contribution in [3.8, 4) is 5.75 Å². The normalized spacial score (nSPS) is 19.1. The van der Waals surface area contributed by atoms with Gasteiger partial charge in [0, 0.05) is 17.5 Å². The zero-order chi connectivity index (χ0) is 12.8. The molecule has 100 valence electrons. The summed E-state index contributed by atoms with van der Waals surface area (Å²) in [4.78, 5) is 0. The third-order valence-corrected chi connectivity index (χ3v) is 3.65. The maximum Gasteiger partial charge on any atom is 0.122 e. The Morgan fingerprint density at radius 3 is 3.06 bits per heavy atom. The summed E-state index contributed by atoms with van der Waals surface area (Å²) in [6.45, 7) is 2.25. The van der Waals surface area contributed by atoms with Crippen LogP contribution in [0.5, 0.6) is 5.75 Å². The van der Waals surface area contributed by atoms with Gasteiger partial charge in [0.15, 0.2) is 0 Å². The van der Waals surface area contributed by atoms with Crippen LogP contribution in [0.1, 0.15) is 24.8 Å². The molecule has 2 N–H and O–H groups in total. The highest BCUT2D eigenvalue weighted by molar-refractivity contribution is 9.10. The number of ether oxygens (including phenoxy) is 2. The van der Waals surface area contributed by atoms with Crippen molar-refractivity contribution in [3.05, 3.63) is 28.2 Å². The Morgan fingerprint density at radius 2 is 2.33 bits per heavy atom. The van der Waals surface area contributed by atoms with Gasteiger partial charge < -0.3 is 15.2 Å². The molecule has 0 spiro atoms. The Morgan fingerprint density at radius 1 is 1.44 bits per heavy atom. The van der Waals surface area contributed by atoms with Crippen LogP contribution in [0.4, 0.5) is 0 Å². The van der Waals surface area contributed by atoms with Crippen LogP contribution in [0.25, 0.3) is 0 Å². The second-order valence-electron chi connectivity index (χ2n) is 4.56. The number of halogens is 1. The minimum atomic E-state index is 0.387. The van der Waals surface area contributed by atoms with Crippen LogP contribution in [-0.2, 0) is 11.2 Å². The van der Waals surface area contributed by atoms with E-state index in [1.54, 1.807) is 0 Å². The van der Waals surface area contributed by atoms with Gasteiger partial charge in [-0.25, -0.2) is 0 Å². The lowest BCUT2D eigenvalue weighted by atomic mass is 10.1. The summed E-state index contributed by atoms with van der Waals surface area (Å²) in [5, 5.41) is 0. The first kappa shape index (κ1) is 13.8. The molecule has 1 aliphatic heterocycles. The van der Waals surface area contributed by atoms with Gasteiger partial charge in [0.05, 0.1) is 12.7 Å². The monoisotopic (exact) mass is 313 g/mol. The van der Waals surface area contributed by atoms with Crippen molar-refractivity contribution in [2.75, 3.05) is 19.8 Å². The average molecular weight is 314 g/mol. The van der Waals surface area contributed by atoms with Crippen molar-refractivity contribution in [3.63, 3.8) is 0 Å². The Balaban J connectivity index is 1.87. The Kier molecular flexibility index (Phi) is 5.47.